The van der Waals surface area contributed by atoms with Gasteiger partial charge in [-0.2, -0.15) is 0 Å². The topological polar surface area (TPSA) is 76.0 Å². The molecule has 1 heterocycles. The van der Waals surface area contributed by atoms with Gasteiger partial charge in [-0.25, -0.2) is 0 Å². The zero-order valence-corrected chi connectivity index (χ0v) is 14.1. The van der Waals surface area contributed by atoms with E-state index in [2.05, 4.69) is 10.2 Å². The summed E-state index contributed by atoms with van der Waals surface area (Å²) in [6.45, 7) is 4.61. The number of piperazine rings is 1. The summed E-state index contributed by atoms with van der Waals surface area (Å²) >= 11 is 6.36. The molecule has 1 aromatic rings. The van der Waals surface area contributed by atoms with Crippen molar-refractivity contribution in [2.24, 2.45) is 0 Å². The Morgan fingerprint density at radius 1 is 1.35 bits per heavy atom. The van der Waals surface area contributed by atoms with E-state index in [-0.39, 0.29) is 19.1 Å². The van der Waals surface area contributed by atoms with E-state index >= 15 is 0 Å². The van der Waals surface area contributed by atoms with Crippen molar-refractivity contribution in [3.8, 4) is 0 Å². The van der Waals surface area contributed by atoms with Gasteiger partial charge in [0.25, 0.3) is 0 Å². The van der Waals surface area contributed by atoms with Gasteiger partial charge in [0, 0.05) is 39.1 Å². The van der Waals surface area contributed by atoms with Crippen LogP contribution in [0.1, 0.15) is 13.3 Å². The van der Waals surface area contributed by atoms with E-state index in [1.54, 1.807) is 0 Å². The molecule has 1 saturated heterocycles. The molecular formula is C16H24ClN3O3. The van der Waals surface area contributed by atoms with E-state index in [4.69, 9.17) is 16.7 Å². The van der Waals surface area contributed by atoms with Crippen molar-refractivity contribution in [1.82, 2.24) is 4.90 Å². The number of aliphatic hydroxyl groups excluding tert-OH is 2. The van der Waals surface area contributed by atoms with Gasteiger partial charge >= 0.3 is 0 Å². The highest BCUT2D eigenvalue weighted by atomic mass is 35.5. The summed E-state index contributed by atoms with van der Waals surface area (Å²) in [4.78, 5) is 15.8. The third kappa shape index (κ3) is 4.50. The van der Waals surface area contributed by atoms with Crippen molar-refractivity contribution in [3.63, 3.8) is 0 Å². The largest absolute Gasteiger partial charge is 0.394 e. The van der Waals surface area contributed by atoms with Crippen LogP contribution in [0.5, 0.6) is 0 Å². The number of hydrogen-bond acceptors (Lipinski definition) is 5. The maximum absolute atomic E-state index is 11.8. The summed E-state index contributed by atoms with van der Waals surface area (Å²) in [5.41, 5.74) is 1.70. The van der Waals surface area contributed by atoms with Crippen LogP contribution in [0.15, 0.2) is 18.2 Å². The molecule has 0 aromatic heterocycles. The quantitative estimate of drug-likeness (QED) is 0.724. The highest BCUT2D eigenvalue weighted by Gasteiger charge is 2.23. The van der Waals surface area contributed by atoms with Gasteiger partial charge in [0.15, 0.2) is 0 Å². The Balaban J connectivity index is 2.08. The number of aliphatic hydroxyl groups is 2. The predicted molar refractivity (Wildman–Crippen MR) is 92.1 cm³/mol. The van der Waals surface area contributed by atoms with Gasteiger partial charge in [-0.1, -0.05) is 24.6 Å². The first kappa shape index (κ1) is 17.8. The Morgan fingerprint density at radius 3 is 2.65 bits per heavy atom. The molecule has 6 nitrogen and oxygen atoms in total. The molecule has 0 saturated carbocycles. The molecule has 1 aliphatic heterocycles. The molecule has 1 amide bonds. The maximum Gasteiger partial charge on any atom is 0.222 e. The standard InChI is InChI=1S/C16H24ClN3O3/c1-2-15(23)19-6-8-20(9-7-19)16-13(17)4-3-5-14(16)18-10-12(22)11-21/h3-5,12,18,21-22H,2,6-11H2,1H3. The summed E-state index contributed by atoms with van der Waals surface area (Å²) in [6.07, 6.45) is -0.293. The minimum Gasteiger partial charge on any atom is -0.394 e. The second-order valence-corrected chi connectivity index (χ2v) is 5.98. The third-order valence-corrected chi connectivity index (χ3v) is 4.28. The van der Waals surface area contributed by atoms with E-state index in [1.165, 1.54) is 0 Å². The molecule has 1 aromatic carbocycles. The average molecular weight is 342 g/mol. The van der Waals surface area contributed by atoms with Crippen molar-refractivity contribution in [2.45, 2.75) is 19.4 Å². The Morgan fingerprint density at radius 2 is 2.04 bits per heavy atom. The van der Waals surface area contributed by atoms with Crippen molar-refractivity contribution in [2.75, 3.05) is 49.5 Å². The molecule has 0 spiro atoms. The summed E-state index contributed by atoms with van der Waals surface area (Å²) in [5.74, 6) is 0.174. The van der Waals surface area contributed by atoms with Gasteiger partial charge < -0.3 is 25.3 Å². The molecular weight excluding hydrogens is 318 g/mol. The van der Waals surface area contributed by atoms with Crippen molar-refractivity contribution in [3.05, 3.63) is 23.2 Å². The first-order valence-electron chi connectivity index (χ1n) is 7.90. The lowest BCUT2D eigenvalue weighted by molar-refractivity contribution is -0.131. The van der Waals surface area contributed by atoms with Gasteiger partial charge in [0.1, 0.15) is 0 Å². The van der Waals surface area contributed by atoms with Crippen molar-refractivity contribution in [1.29, 1.82) is 0 Å². The first-order valence-corrected chi connectivity index (χ1v) is 8.28. The van der Waals surface area contributed by atoms with Crippen LogP contribution in [0.25, 0.3) is 0 Å². The number of carbonyl (C=O) groups excluding carboxylic acids is 1. The number of rotatable bonds is 6. The minimum atomic E-state index is -0.819. The molecule has 1 fully saturated rings. The van der Waals surface area contributed by atoms with E-state index in [1.807, 2.05) is 30.0 Å². The van der Waals surface area contributed by atoms with Crippen LogP contribution in [0.3, 0.4) is 0 Å². The number of amides is 1. The molecule has 0 radical (unpaired) electrons. The van der Waals surface area contributed by atoms with E-state index in [0.717, 1.165) is 11.4 Å². The second-order valence-electron chi connectivity index (χ2n) is 5.57. The Kier molecular flexibility index (Phi) is 6.50. The highest BCUT2D eigenvalue weighted by molar-refractivity contribution is 6.34. The van der Waals surface area contributed by atoms with Crippen LogP contribution in [-0.4, -0.2) is 66.5 Å². The number of benzene rings is 1. The maximum atomic E-state index is 11.8. The molecule has 0 bridgehead atoms. The lowest BCUT2D eigenvalue weighted by atomic mass is 10.2. The van der Waals surface area contributed by atoms with Crippen LogP contribution in [0.2, 0.25) is 5.02 Å². The number of anilines is 2. The molecule has 3 N–H and O–H groups in total. The number of nitrogens with one attached hydrogen (secondary N) is 1. The molecule has 1 aliphatic rings. The summed E-state index contributed by atoms with van der Waals surface area (Å²) in [6, 6.07) is 5.57. The van der Waals surface area contributed by atoms with Gasteiger partial charge in [-0.05, 0) is 12.1 Å². The van der Waals surface area contributed by atoms with Crippen molar-refractivity contribution >= 4 is 28.9 Å². The molecule has 1 unspecified atom stereocenters. The summed E-state index contributed by atoms with van der Waals surface area (Å²) < 4.78 is 0. The molecule has 1 atom stereocenters. The van der Waals surface area contributed by atoms with Crippen LogP contribution in [0.4, 0.5) is 11.4 Å². The molecule has 128 valence electrons. The van der Waals surface area contributed by atoms with Crippen LogP contribution in [-0.2, 0) is 4.79 Å². The normalized spacial score (nSPS) is 16.3. The van der Waals surface area contributed by atoms with Gasteiger partial charge in [-0.15, -0.1) is 0 Å². The van der Waals surface area contributed by atoms with Crippen LogP contribution in [0, 0.1) is 0 Å². The number of para-hydroxylation sites is 1. The summed E-state index contributed by atoms with van der Waals surface area (Å²) in [5, 5.41) is 22.2. The minimum absolute atomic E-state index is 0.174. The zero-order valence-electron chi connectivity index (χ0n) is 13.3. The van der Waals surface area contributed by atoms with Gasteiger partial charge in [0.05, 0.1) is 29.1 Å². The fourth-order valence-electron chi connectivity index (χ4n) is 2.67. The third-order valence-electron chi connectivity index (χ3n) is 3.98. The fraction of sp³-hybridized carbons (Fsp3) is 0.562. The Labute approximate surface area is 141 Å². The first-order chi connectivity index (χ1) is 11.1. The van der Waals surface area contributed by atoms with Crippen LogP contribution >= 0.6 is 11.6 Å². The highest BCUT2D eigenvalue weighted by Crippen LogP contribution is 2.34. The molecule has 23 heavy (non-hydrogen) atoms. The van der Waals surface area contributed by atoms with Crippen LogP contribution < -0.4 is 10.2 Å². The fourth-order valence-corrected chi connectivity index (χ4v) is 2.97. The summed E-state index contributed by atoms with van der Waals surface area (Å²) in [7, 11) is 0. The van der Waals surface area contributed by atoms with Gasteiger partial charge in [-0.3, -0.25) is 4.79 Å². The molecule has 2 rings (SSSR count). The van der Waals surface area contributed by atoms with E-state index in [0.29, 0.717) is 37.6 Å². The molecule has 7 heteroatoms. The SMILES string of the molecule is CCC(=O)N1CCN(c2c(Cl)cccc2NCC(O)CO)CC1. The van der Waals surface area contributed by atoms with E-state index < -0.39 is 6.10 Å². The van der Waals surface area contributed by atoms with E-state index in [9.17, 15) is 9.90 Å². The Hall–Kier alpha value is -1.50. The second kappa shape index (κ2) is 8.38. The van der Waals surface area contributed by atoms with Gasteiger partial charge in [0.2, 0.25) is 5.91 Å². The zero-order chi connectivity index (χ0) is 16.8. The average Bonchev–Trinajstić information content (AvgIpc) is 2.59. The number of nitrogens with zero attached hydrogens (tertiary/aromatic N) is 2. The predicted octanol–water partition coefficient (Wildman–Crippen LogP) is 1.16. The lowest BCUT2D eigenvalue weighted by Gasteiger charge is -2.37. The number of carbonyl (C=O) groups is 1. The molecule has 0 aliphatic carbocycles. The number of halogens is 1. The monoisotopic (exact) mass is 341 g/mol. The number of hydrogen-bond donors (Lipinski definition) is 3. The van der Waals surface area contributed by atoms with Crippen molar-refractivity contribution < 1.29 is 15.0 Å². The lowest BCUT2D eigenvalue weighted by Crippen LogP contribution is -2.48. The Bertz CT molecular complexity index is 533. The smallest absolute Gasteiger partial charge is 0.222 e.